The smallest absolute Gasteiger partial charge is 0.370 e. The first-order valence-electron chi connectivity index (χ1n) is 10.6. The van der Waals surface area contributed by atoms with E-state index in [1.165, 1.54) is 25.3 Å². The first-order valence-corrected chi connectivity index (χ1v) is 12.2. The third-order valence-corrected chi connectivity index (χ3v) is 7.28. The van der Waals surface area contributed by atoms with Crippen molar-refractivity contribution in [3.8, 4) is 5.69 Å². The van der Waals surface area contributed by atoms with Gasteiger partial charge in [-0.2, -0.15) is 4.57 Å². The third-order valence-electron chi connectivity index (χ3n) is 5.33. The van der Waals surface area contributed by atoms with Crippen LogP contribution in [0.2, 0.25) is 0 Å². The van der Waals surface area contributed by atoms with E-state index < -0.39 is 36.6 Å². The van der Waals surface area contributed by atoms with Crippen molar-refractivity contribution >= 4 is 19.5 Å². The Labute approximate surface area is 206 Å². The minimum absolute atomic E-state index is 0.144. The maximum absolute atomic E-state index is 13.4. The van der Waals surface area contributed by atoms with Gasteiger partial charge >= 0.3 is 19.3 Å². The van der Waals surface area contributed by atoms with Gasteiger partial charge in [0.15, 0.2) is 0 Å². The van der Waals surface area contributed by atoms with Crippen molar-refractivity contribution in [3.63, 3.8) is 0 Å². The molecule has 0 saturated carbocycles. The molecule has 36 heavy (non-hydrogen) atoms. The van der Waals surface area contributed by atoms with Gasteiger partial charge in [0.1, 0.15) is 0 Å². The molecule has 12 heteroatoms. The molecule has 1 aromatic heterocycles. The maximum atomic E-state index is 13.4. The van der Waals surface area contributed by atoms with Gasteiger partial charge in [-0.15, -0.1) is 0 Å². The lowest BCUT2D eigenvalue weighted by molar-refractivity contribution is -0.150. The summed E-state index contributed by atoms with van der Waals surface area (Å²) in [5, 5.41) is 0. The van der Waals surface area contributed by atoms with Gasteiger partial charge in [0, 0.05) is 37.1 Å². The lowest BCUT2D eigenvalue weighted by atomic mass is 10.2. The fourth-order valence-corrected chi connectivity index (χ4v) is 4.58. The molecule has 11 nitrogen and oxygen atoms in total. The number of esters is 1. The van der Waals surface area contributed by atoms with Crippen molar-refractivity contribution in [2.75, 3.05) is 21.3 Å². The minimum Gasteiger partial charge on any atom is -0.467 e. The predicted molar refractivity (Wildman–Crippen MR) is 129 cm³/mol. The van der Waals surface area contributed by atoms with E-state index in [4.69, 9.17) is 13.8 Å². The van der Waals surface area contributed by atoms with Crippen molar-refractivity contribution < 1.29 is 32.7 Å². The quantitative estimate of drug-likeness (QED) is 0.311. The van der Waals surface area contributed by atoms with Gasteiger partial charge < -0.3 is 18.5 Å². The largest absolute Gasteiger partial charge is 0.467 e. The van der Waals surface area contributed by atoms with Crippen molar-refractivity contribution in [1.29, 1.82) is 0 Å². The highest BCUT2D eigenvalue weighted by atomic mass is 31.2. The number of para-hydroxylation sites is 1. The molecule has 0 aliphatic carbocycles. The van der Waals surface area contributed by atoms with Crippen LogP contribution in [0.3, 0.4) is 0 Å². The van der Waals surface area contributed by atoms with Crippen LogP contribution in [0.4, 0.5) is 0 Å². The highest BCUT2D eigenvalue weighted by molar-refractivity contribution is 7.55. The zero-order chi connectivity index (χ0) is 26.5. The molecule has 0 aliphatic rings. The normalized spacial score (nSPS) is 12.2. The van der Waals surface area contributed by atoms with E-state index in [0.29, 0.717) is 10.1 Å². The summed E-state index contributed by atoms with van der Waals surface area (Å²) in [7, 11) is -0.719. The first-order chi connectivity index (χ1) is 17.2. The number of hydrogen-bond acceptors (Lipinski definition) is 9. The molecule has 2 aromatic carbocycles. The van der Waals surface area contributed by atoms with Crippen molar-refractivity contribution in [2.24, 2.45) is 0 Å². The fourth-order valence-electron chi connectivity index (χ4n) is 3.43. The molecular formula is C24H25N2O9P. The highest BCUT2D eigenvalue weighted by Crippen LogP contribution is 2.52. The summed E-state index contributed by atoms with van der Waals surface area (Å²) in [6.07, 6.45) is 1.31. The van der Waals surface area contributed by atoms with Crippen LogP contribution in [0, 0.1) is 6.92 Å². The van der Waals surface area contributed by atoms with E-state index in [0.717, 1.165) is 25.9 Å². The Hall–Kier alpha value is -3.63. The summed E-state index contributed by atoms with van der Waals surface area (Å²) in [5.74, 6) is -3.45. The Kier molecular flexibility index (Phi) is 8.54. The van der Waals surface area contributed by atoms with E-state index >= 15 is 0 Å². The van der Waals surface area contributed by atoms with Crippen LogP contribution in [0.15, 0.2) is 70.4 Å². The summed E-state index contributed by atoms with van der Waals surface area (Å²) >= 11 is 0. The number of aromatic nitrogens is 2. The van der Waals surface area contributed by atoms with E-state index in [-0.39, 0.29) is 23.4 Å². The highest BCUT2D eigenvalue weighted by Gasteiger charge is 2.42. The second-order valence-electron chi connectivity index (χ2n) is 7.50. The summed E-state index contributed by atoms with van der Waals surface area (Å²) in [6.45, 7) is 1.16. The minimum atomic E-state index is -4.02. The molecule has 3 rings (SSSR count). The standard InChI is InChI=1S/C24H25N2O9P/c1-16-14-25(24(30)26(20(16)27)21(28)17-10-6-5-7-11-17)19-13-9-8-12-18(19)15-35-23(22(29)32-2)36(31,33-3)34-4/h5-14,23H,15H2,1-4H3. The number of nitrogens with zero attached hydrogens (tertiary/aromatic N) is 2. The molecule has 0 spiro atoms. The van der Waals surface area contributed by atoms with Crippen molar-refractivity contribution in [2.45, 2.75) is 19.4 Å². The lowest BCUT2D eigenvalue weighted by Crippen LogP contribution is -2.44. The molecular weight excluding hydrogens is 491 g/mol. The molecule has 190 valence electrons. The molecule has 0 bridgehead atoms. The summed E-state index contributed by atoms with van der Waals surface area (Å²) in [6, 6.07) is 14.4. The molecule has 0 amide bonds. The van der Waals surface area contributed by atoms with Crippen LogP contribution in [-0.2, 0) is 34.5 Å². The van der Waals surface area contributed by atoms with Gasteiger partial charge in [-0.25, -0.2) is 9.59 Å². The van der Waals surface area contributed by atoms with E-state index in [1.807, 2.05) is 0 Å². The Bertz CT molecular complexity index is 1420. The van der Waals surface area contributed by atoms with Crippen LogP contribution in [0.1, 0.15) is 21.5 Å². The Morgan fingerprint density at radius 2 is 1.56 bits per heavy atom. The molecule has 0 aliphatic heterocycles. The number of benzene rings is 2. The van der Waals surface area contributed by atoms with Crippen LogP contribution >= 0.6 is 7.60 Å². The fraction of sp³-hybridized carbons (Fsp3) is 0.250. The zero-order valence-electron chi connectivity index (χ0n) is 20.1. The molecule has 1 heterocycles. The van der Waals surface area contributed by atoms with Gasteiger partial charge in [-0.05, 0) is 25.1 Å². The SMILES string of the molecule is COC(=O)C(OCc1ccccc1-n1cc(C)c(=O)n(C(=O)c2ccccc2)c1=O)P(=O)(OC)OC. The molecule has 0 saturated heterocycles. The van der Waals surface area contributed by atoms with Gasteiger partial charge in [0.25, 0.3) is 17.3 Å². The number of aryl methyl sites for hydroxylation is 1. The van der Waals surface area contributed by atoms with Crippen LogP contribution < -0.4 is 11.2 Å². The van der Waals surface area contributed by atoms with Gasteiger partial charge in [-0.1, -0.05) is 36.4 Å². The maximum Gasteiger partial charge on any atom is 0.370 e. The van der Waals surface area contributed by atoms with Gasteiger partial charge in [0.05, 0.1) is 19.4 Å². The predicted octanol–water partition coefficient (Wildman–Crippen LogP) is 2.50. The van der Waals surface area contributed by atoms with E-state index in [2.05, 4.69) is 4.74 Å². The summed E-state index contributed by atoms with van der Waals surface area (Å²) in [4.78, 5) is 51.4. The Balaban J connectivity index is 2.08. The lowest BCUT2D eigenvalue weighted by Gasteiger charge is -2.23. The Morgan fingerprint density at radius 1 is 0.944 bits per heavy atom. The number of hydrogen-bond donors (Lipinski definition) is 0. The summed E-state index contributed by atoms with van der Waals surface area (Å²) in [5.41, 5.74) is -0.675. The number of carbonyl (C=O) groups excluding carboxylic acids is 2. The van der Waals surface area contributed by atoms with Gasteiger partial charge in [0.2, 0.25) is 0 Å². The molecule has 1 atom stereocenters. The number of ether oxygens (including phenoxy) is 2. The second kappa shape index (κ2) is 11.4. The number of rotatable bonds is 9. The summed E-state index contributed by atoms with van der Waals surface area (Å²) < 4.78 is 34.5. The Morgan fingerprint density at radius 3 is 2.17 bits per heavy atom. The zero-order valence-corrected chi connectivity index (χ0v) is 21.0. The van der Waals surface area contributed by atoms with E-state index in [1.54, 1.807) is 42.5 Å². The van der Waals surface area contributed by atoms with Crippen molar-refractivity contribution in [3.05, 3.63) is 98.3 Å². The van der Waals surface area contributed by atoms with Crippen LogP contribution in [-0.4, -0.2) is 48.2 Å². The molecule has 0 radical (unpaired) electrons. The van der Waals surface area contributed by atoms with E-state index in [9.17, 15) is 23.7 Å². The molecule has 0 N–H and O–H groups in total. The van der Waals surface area contributed by atoms with Crippen LogP contribution in [0.25, 0.3) is 5.69 Å². The van der Waals surface area contributed by atoms with Crippen molar-refractivity contribution in [1.82, 2.24) is 9.13 Å². The third kappa shape index (κ3) is 5.29. The molecule has 3 aromatic rings. The number of carbonyl (C=O) groups is 2. The molecule has 0 fully saturated rings. The average molecular weight is 516 g/mol. The van der Waals surface area contributed by atoms with Crippen LogP contribution in [0.5, 0.6) is 0 Å². The first kappa shape index (κ1) is 27.0. The second-order valence-corrected chi connectivity index (χ2v) is 9.78. The van der Waals surface area contributed by atoms with Gasteiger partial charge in [-0.3, -0.25) is 18.7 Å². The average Bonchev–Trinajstić information content (AvgIpc) is 2.91. The topological polar surface area (TPSA) is 132 Å². The molecule has 1 unspecified atom stereocenters. The number of methoxy groups -OCH3 is 1. The monoisotopic (exact) mass is 516 g/mol.